The van der Waals surface area contributed by atoms with Crippen LogP contribution >= 0.6 is 0 Å². The number of anilines is 2. The molecule has 10 heteroatoms. The summed E-state index contributed by atoms with van der Waals surface area (Å²) in [6.45, 7) is 8.98. The van der Waals surface area contributed by atoms with Gasteiger partial charge in [0.1, 0.15) is 11.6 Å². The van der Waals surface area contributed by atoms with Crippen molar-refractivity contribution in [1.82, 2.24) is 24.2 Å². The lowest BCUT2D eigenvalue weighted by Gasteiger charge is -2.17. The van der Waals surface area contributed by atoms with Gasteiger partial charge < -0.3 is 14.8 Å². The fourth-order valence-electron chi connectivity index (χ4n) is 3.10. The lowest BCUT2D eigenvalue weighted by Crippen LogP contribution is -2.29. The molecule has 3 heterocycles. The maximum absolute atomic E-state index is 12.4. The van der Waals surface area contributed by atoms with E-state index in [4.69, 9.17) is 0 Å². The van der Waals surface area contributed by atoms with Crippen LogP contribution < -0.4 is 14.9 Å². The van der Waals surface area contributed by atoms with E-state index in [1.165, 1.54) is 12.8 Å². The van der Waals surface area contributed by atoms with Crippen LogP contribution in [0.15, 0.2) is 17.3 Å². The van der Waals surface area contributed by atoms with Gasteiger partial charge in [-0.05, 0) is 33.6 Å². The van der Waals surface area contributed by atoms with Crippen LogP contribution in [0.3, 0.4) is 0 Å². The Bertz CT molecular complexity index is 889. The zero-order chi connectivity index (χ0) is 19.4. The van der Waals surface area contributed by atoms with Gasteiger partial charge in [0.25, 0.3) is 10.0 Å². The number of aromatic nitrogens is 4. The molecule has 0 radical (unpaired) electrons. The number of nitrogens with zero attached hydrogens (tertiary/aromatic N) is 5. The van der Waals surface area contributed by atoms with E-state index in [-0.39, 0.29) is 11.6 Å². The minimum atomic E-state index is -3.63. The summed E-state index contributed by atoms with van der Waals surface area (Å²) in [5, 5.41) is 3.15. The van der Waals surface area contributed by atoms with E-state index < -0.39 is 10.0 Å². The molecule has 9 nitrogen and oxygen atoms in total. The van der Waals surface area contributed by atoms with Crippen molar-refractivity contribution in [3.05, 3.63) is 23.8 Å². The molecule has 0 bridgehead atoms. The van der Waals surface area contributed by atoms with Gasteiger partial charge in [-0.15, -0.1) is 0 Å². The molecule has 0 unspecified atom stereocenters. The molecular weight excluding hydrogens is 366 g/mol. The van der Waals surface area contributed by atoms with Gasteiger partial charge in [-0.3, -0.25) is 0 Å². The van der Waals surface area contributed by atoms with Gasteiger partial charge >= 0.3 is 0 Å². The second-order valence-electron chi connectivity index (χ2n) is 6.62. The minimum absolute atomic E-state index is 0.0463. The normalized spacial score (nSPS) is 14.7. The summed E-state index contributed by atoms with van der Waals surface area (Å²) in [5.74, 6) is 2.12. The lowest BCUT2D eigenvalue weighted by atomic mass is 10.4. The average Bonchev–Trinajstić information content (AvgIpc) is 3.28. The van der Waals surface area contributed by atoms with E-state index in [0.717, 1.165) is 24.6 Å². The summed E-state index contributed by atoms with van der Waals surface area (Å²) in [5.41, 5.74) is 0.885. The van der Waals surface area contributed by atoms with Crippen molar-refractivity contribution in [3.8, 4) is 0 Å². The zero-order valence-electron chi connectivity index (χ0n) is 16.1. The van der Waals surface area contributed by atoms with E-state index in [9.17, 15) is 8.42 Å². The van der Waals surface area contributed by atoms with Crippen LogP contribution in [0.2, 0.25) is 0 Å². The summed E-state index contributed by atoms with van der Waals surface area (Å²) in [4.78, 5) is 15.3. The number of imidazole rings is 1. The summed E-state index contributed by atoms with van der Waals surface area (Å²) in [7, 11) is -3.63. The summed E-state index contributed by atoms with van der Waals surface area (Å²) < 4.78 is 29.1. The van der Waals surface area contributed by atoms with Crippen molar-refractivity contribution in [2.75, 3.05) is 36.4 Å². The maximum atomic E-state index is 12.4. The third-order valence-corrected chi connectivity index (χ3v) is 5.87. The molecule has 0 aliphatic carbocycles. The molecule has 0 amide bonds. The summed E-state index contributed by atoms with van der Waals surface area (Å²) >= 11 is 0. The Morgan fingerprint density at radius 1 is 1.11 bits per heavy atom. The highest BCUT2D eigenvalue weighted by atomic mass is 32.2. The first kappa shape index (κ1) is 19.6. The summed E-state index contributed by atoms with van der Waals surface area (Å²) in [6.07, 6.45) is 3.92. The average molecular weight is 394 g/mol. The maximum Gasteiger partial charge on any atom is 0.259 e. The molecule has 0 spiro atoms. The molecule has 1 aliphatic rings. The Hall–Kier alpha value is -2.20. The number of hydrogen-bond acceptors (Lipinski definition) is 7. The van der Waals surface area contributed by atoms with Crippen molar-refractivity contribution in [2.24, 2.45) is 0 Å². The summed E-state index contributed by atoms with van der Waals surface area (Å²) in [6, 6.07) is 1.98. The van der Waals surface area contributed by atoms with Gasteiger partial charge in [-0.2, -0.15) is 4.98 Å². The predicted molar refractivity (Wildman–Crippen MR) is 105 cm³/mol. The molecule has 0 aromatic carbocycles. The van der Waals surface area contributed by atoms with Crippen LogP contribution in [-0.2, 0) is 16.6 Å². The lowest BCUT2D eigenvalue weighted by molar-refractivity contribution is 0.579. The van der Waals surface area contributed by atoms with Gasteiger partial charge in [0.05, 0.1) is 0 Å². The highest BCUT2D eigenvalue weighted by Gasteiger charge is 2.18. The van der Waals surface area contributed by atoms with Gasteiger partial charge in [-0.25, -0.2) is 23.1 Å². The first-order valence-corrected chi connectivity index (χ1v) is 10.8. The van der Waals surface area contributed by atoms with Gasteiger partial charge in [0.15, 0.2) is 5.03 Å². The molecule has 27 heavy (non-hydrogen) atoms. The molecule has 1 aliphatic heterocycles. The van der Waals surface area contributed by atoms with E-state index in [1.54, 1.807) is 17.7 Å². The smallest absolute Gasteiger partial charge is 0.259 e. The van der Waals surface area contributed by atoms with Crippen LogP contribution in [0, 0.1) is 13.8 Å². The molecule has 0 atom stereocenters. The quantitative estimate of drug-likeness (QED) is 0.651. The molecular formula is C17H27N7O2S. The number of aryl methyl sites for hydroxylation is 3. The SMILES string of the molecule is CCn1cc(S(=O)(=O)NCCNc2nc(C)cc(N3CCCC3)n2)nc1C. The largest absolute Gasteiger partial charge is 0.356 e. The van der Waals surface area contributed by atoms with Crippen molar-refractivity contribution >= 4 is 21.8 Å². The van der Waals surface area contributed by atoms with Crippen molar-refractivity contribution in [2.45, 2.75) is 45.2 Å². The Kier molecular flexibility index (Phi) is 5.95. The standard InChI is InChI=1S/C17H27N7O2S/c1-4-23-12-16(21-14(23)3)27(25,26)19-8-7-18-17-20-13(2)11-15(22-17)24-9-5-6-10-24/h11-12,19H,4-10H2,1-3H3,(H,18,20,22). The Morgan fingerprint density at radius 3 is 2.52 bits per heavy atom. The van der Waals surface area contributed by atoms with Crippen LogP contribution in [0.4, 0.5) is 11.8 Å². The second-order valence-corrected chi connectivity index (χ2v) is 8.34. The molecule has 2 N–H and O–H groups in total. The van der Waals surface area contributed by atoms with Crippen LogP contribution in [0.25, 0.3) is 0 Å². The monoisotopic (exact) mass is 393 g/mol. The molecule has 1 saturated heterocycles. The molecule has 2 aromatic rings. The molecule has 148 valence electrons. The fraction of sp³-hybridized carbons (Fsp3) is 0.588. The highest BCUT2D eigenvalue weighted by molar-refractivity contribution is 7.89. The van der Waals surface area contributed by atoms with Crippen molar-refractivity contribution < 1.29 is 8.42 Å². The molecule has 0 saturated carbocycles. The van der Waals surface area contributed by atoms with E-state index >= 15 is 0 Å². The van der Waals surface area contributed by atoms with Gasteiger partial charge in [0, 0.05) is 50.7 Å². The van der Waals surface area contributed by atoms with E-state index in [2.05, 4.69) is 29.9 Å². The number of hydrogen-bond donors (Lipinski definition) is 2. The molecule has 1 fully saturated rings. The van der Waals surface area contributed by atoms with Gasteiger partial charge in [0.2, 0.25) is 5.95 Å². The van der Waals surface area contributed by atoms with Crippen LogP contribution in [-0.4, -0.2) is 54.1 Å². The van der Waals surface area contributed by atoms with Crippen molar-refractivity contribution in [3.63, 3.8) is 0 Å². The topological polar surface area (TPSA) is 105 Å². The number of rotatable bonds is 8. The predicted octanol–water partition coefficient (Wildman–Crippen LogP) is 1.30. The zero-order valence-corrected chi connectivity index (χ0v) is 16.9. The molecule has 3 rings (SSSR count). The third-order valence-electron chi connectivity index (χ3n) is 4.54. The van der Waals surface area contributed by atoms with Gasteiger partial charge in [-0.1, -0.05) is 0 Å². The Balaban J connectivity index is 1.56. The Labute approximate surface area is 160 Å². The Morgan fingerprint density at radius 2 is 1.85 bits per heavy atom. The first-order chi connectivity index (χ1) is 12.9. The second kappa shape index (κ2) is 8.22. The van der Waals surface area contributed by atoms with Crippen LogP contribution in [0.5, 0.6) is 0 Å². The molecule has 2 aromatic heterocycles. The van der Waals surface area contributed by atoms with Crippen LogP contribution in [0.1, 0.15) is 31.3 Å². The van der Waals surface area contributed by atoms with E-state index in [1.807, 2.05) is 19.9 Å². The highest BCUT2D eigenvalue weighted by Crippen LogP contribution is 2.19. The number of sulfonamides is 1. The first-order valence-electron chi connectivity index (χ1n) is 9.27. The third kappa shape index (κ3) is 4.75. The number of nitrogens with one attached hydrogen (secondary N) is 2. The van der Waals surface area contributed by atoms with E-state index in [0.29, 0.717) is 24.9 Å². The fourth-order valence-corrected chi connectivity index (χ4v) is 4.14. The van der Waals surface area contributed by atoms with Crippen molar-refractivity contribution in [1.29, 1.82) is 0 Å². The minimum Gasteiger partial charge on any atom is -0.356 e.